The largest absolute Gasteiger partial charge is 0.494 e. The molecule has 3 rings (SSSR count). The molecule has 0 bridgehead atoms. The quantitative estimate of drug-likeness (QED) is 0.200. The summed E-state index contributed by atoms with van der Waals surface area (Å²) in [6.45, 7) is 2.82. The molecule has 1 heterocycles. The predicted octanol–water partition coefficient (Wildman–Crippen LogP) is 7.55. The molecule has 0 saturated carbocycles. The molecule has 1 aromatic heterocycles. The minimum atomic E-state index is -4.58. The molecule has 0 fully saturated rings. The highest BCUT2D eigenvalue weighted by molar-refractivity contribution is 14.1. The zero-order valence-corrected chi connectivity index (χ0v) is 19.7. The molecular formula is C23H24F3IN4O. The Morgan fingerprint density at radius 2 is 1.56 bits per heavy atom. The van der Waals surface area contributed by atoms with Gasteiger partial charge in [-0.3, -0.25) is 0 Å². The Bertz CT molecular complexity index is 996. The first-order valence-corrected chi connectivity index (χ1v) is 11.4. The molecule has 32 heavy (non-hydrogen) atoms. The number of alkyl halides is 3. The van der Waals surface area contributed by atoms with Crippen molar-refractivity contribution in [3.8, 4) is 5.75 Å². The van der Waals surface area contributed by atoms with Crippen LogP contribution in [-0.2, 0) is 6.18 Å². The number of aromatic nitrogens is 2. The van der Waals surface area contributed by atoms with Gasteiger partial charge < -0.3 is 15.4 Å². The fourth-order valence-electron chi connectivity index (χ4n) is 2.90. The van der Waals surface area contributed by atoms with Crippen molar-refractivity contribution < 1.29 is 17.9 Å². The lowest BCUT2D eigenvalue weighted by molar-refractivity contribution is -0.137. The van der Waals surface area contributed by atoms with Gasteiger partial charge >= 0.3 is 6.18 Å². The topological polar surface area (TPSA) is 59.1 Å². The molecule has 0 aliphatic carbocycles. The zero-order valence-electron chi connectivity index (χ0n) is 17.5. The predicted molar refractivity (Wildman–Crippen MR) is 129 cm³/mol. The van der Waals surface area contributed by atoms with Gasteiger partial charge in [-0.2, -0.15) is 18.2 Å². The summed E-state index contributed by atoms with van der Waals surface area (Å²) in [5, 5.41) is 5.69. The van der Waals surface area contributed by atoms with Gasteiger partial charge in [-0.25, -0.2) is 4.98 Å². The maximum Gasteiger partial charge on any atom is 0.421 e. The van der Waals surface area contributed by atoms with E-state index < -0.39 is 11.7 Å². The second-order valence-electron chi connectivity index (χ2n) is 7.14. The highest BCUT2D eigenvalue weighted by Gasteiger charge is 2.35. The Balaban J connectivity index is 1.70. The summed E-state index contributed by atoms with van der Waals surface area (Å²) >= 11 is 2.13. The van der Waals surface area contributed by atoms with E-state index in [4.69, 9.17) is 4.74 Å². The summed E-state index contributed by atoms with van der Waals surface area (Å²) in [6.07, 6.45) is 0.704. The third-order valence-electron chi connectivity index (χ3n) is 4.58. The standard InChI is InChI=1S/C23H24F3IN4O/c1-2-3-4-5-14-32-19-12-10-18(11-13-19)30-22-28-15-20(23(24,25)26)21(31-22)29-17-8-6-16(27)7-9-17/h6-13,15H,2-5,14H2,1H3,(H2,28,29,30,31). The van der Waals surface area contributed by atoms with Gasteiger partial charge in [0.2, 0.25) is 5.95 Å². The molecule has 2 aromatic carbocycles. The molecule has 170 valence electrons. The van der Waals surface area contributed by atoms with Crippen LogP contribution in [0.2, 0.25) is 0 Å². The Kier molecular flexibility index (Phi) is 8.54. The number of rotatable bonds is 10. The molecule has 5 nitrogen and oxygen atoms in total. The summed E-state index contributed by atoms with van der Waals surface area (Å²) in [5.74, 6) is 0.476. The first-order valence-electron chi connectivity index (χ1n) is 10.3. The Labute approximate surface area is 199 Å². The zero-order chi connectivity index (χ0) is 23.0. The van der Waals surface area contributed by atoms with Gasteiger partial charge in [0.25, 0.3) is 0 Å². The third kappa shape index (κ3) is 7.25. The molecule has 0 aliphatic heterocycles. The average molecular weight is 556 g/mol. The molecule has 0 spiro atoms. The molecule has 0 atom stereocenters. The fourth-order valence-corrected chi connectivity index (χ4v) is 3.26. The van der Waals surface area contributed by atoms with Crippen molar-refractivity contribution in [1.82, 2.24) is 9.97 Å². The van der Waals surface area contributed by atoms with Crippen molar-refractivity contribution in [3.63, 3.8) is 0 Å². The van der Waals surface area contributed by atoms with Gasteiger partial charge in [-0.15, -0.1) is 0 Å². The van der Waals surface area contributed by atoms with Crippen LogP contribution in [-0.4, -0.2) is 16.6 Å². The van der Waals surface area contributed by atoms with Gasteiger partial charge in [0, 0.05) is 21.1 Å². The molecular weight excluding hydrogens is 532 g/mol. The van der Waals surface area contributed by atoms with Gasteiger partial charge in [0.05, 0.1) is 6.61 Å². The summed E-state index contributed by atoms with van der Waals surface area (Å²) in [5.41, 5.74) is 0.206. The van der Waals surface area contributed by atoms with E-state index in [0.717, 1.165) is 28.4 Å². The van der Waals surface area contributed by atoms with Crippen LogP contribution >= 0.6 is 22.6 Å². The number of nitrogens with zero attached hydrogens (tertiary/aromatic N) is 2. The van der Waals surface area contributed by atoms with E-state index in [2.05, 4.69) is 50.1 Å². The minimum Gasteiger partial charge on any atom is -0.494 e. The van der Waals surface area contributed by atoms with E-state index >= 15 is 0 Å². The van der Waals surface area contributed by atoms with Crippen molar-refractivity contribution in [2.24, 2.45) is 0 Å². The first kappa shape index (κ1) is 24.1. The van der Waals surface area contributed by atoms with Gasteiger partial charge in [-0.1, -0.05) is 26.2 Å². The number of unbranched alkanes of at least 4 members (excludes halogenated alkanes) is 3. The van der Waals surface area contributed by atoms with Crippen LogP contribution in [0.5, 0.6) is 5.75 Å². The fraction of sp³-hybridized carbons (Fsp3) is 0.304. The molecule has 0 aliphatic rings. The van der Waals surface area contributed by atoms with E-state index in [1.165, 1.54) is 12.8 Å². The number of ether oxygens (including phenoxy) is 1. The molecule has 3 aromatic rings. The Morgan fingerprint density at radius 1 is 0.906 bits per heavy atom. The molecule has 0 unspecified atom stereocenters. The lowest BCUT2D eigenvalue weighted by Crippen LogP contribution is -2.12. The van der Waals surface area contributed by atoms with E-state index in [1.807, 2.05) is 0 Å². The van der Waals surface area contributed by atoms with Crippen molar-refractivity contribution in [3.05, 3.63) is 63.9 Å². The number of nitrogens with one attached hydrogen (secondary N) is 2. The smallest absolute Gasteiger partial charge is 0.421 e. The van der Waals surface area contributed by atoms with Crippen molar-refractivity contribution >= 4 is 45.7 Å². The van der Waals surface area contributed by atoms with Crippen molar-refractivity contribution in [1.29, 1.82) is 0 Å². The van der Waals surface area contributed by atoms with E-state index in [1.54, 1.807) is 48.5 Å². The maximum atomic E-state index is 13.4. The van der Waals surface area contributed by atoms with Gasteiger partial charge in [-0.05, 0) is 77.5 Å². The highest BCUT2D eigenvalue weighted by Crippen LogP contribution is 2.35. The van der Waals surface area contributed by atoms with Crippen LogP contribution in [0.25, 0.3) is 0 Å². The normalized spacial score (nSPS) is 11.3. The number of hydrogen-bond acceptors (Lipinski definition) is 5. The van der Waals surface area contributed by atoms with Crippen molar-refractivity contribution in [2.75, 3.05) is 17.2 Å². The lowest BCUT2D eigenvalue weighted by Gasteiger charge is -2.15. The Morgan fingerprint density at radius 3 is 2.22 bits per heavy atom. The number of benzene rings is 2. The monoisotopic (exact) mass is 556 g/mol. The molecule has 0 saturated heterocycles. The summed E-state index contributed by atoms with van der Waals surface area (Å²) in [6, 6.07) is 14.1. The van der Waals surface area contributed by atoms with Crippen LogP contribution in [0.15, 0.2) is 54.7 Å². The van der Waals surface area contributed by atoms with Crippen LogP contribution in [0.1, 0.15) is 38.2 Å². The average Bonchev–Trinajstić information content (AvgIpc) is 2.76. The molecule has 0 amide bonds. The lowest BCUT2D eigenvalue weighted by atomic mass is 10.2. The van der Waals surface area contributed by atoms with E-state index in [9.17, 15) is 13.2 Å². The van der Waals surface area contributed by atoms with Crippen LogP contribution < -0.4 is 15.4 Å². The van der Waals surface area contributed by atoms with E-state index in [-0.39, 0.29) is 11.8 Å². The number of anilines is 4. The number of halogens is 4. The minimum absolute atomic E-state index is 0.0549. The summed E-state index contributed by atoms with van der Waals surface area (Å²) in [4.78, 5) is 7.91. The van der Waals surface area contributed by atoms with E-state index in [0.29, 0.717) is 18.0 Å². The summed E-state index contributed by atoms with van der Waals surface area (Å²) in [7, 11) is 0. The second-order valence-corrected chi connectivity index (χ2v) is 8.39. The Hall–Kier alpha value is -2.56. The molecule has 2 N–H and O–H groups in total. The molecule has 0 radical (unpaired) electrons. The van der Waals surface area contributed by atoms with Crippen molar-refractivity contribution in [2.45, 2.75) is 38.8 Å². The summed E-state index contributed by atoms with van der Waals surface area (Å²) < 4.78 is 47.0. The second kappa shape index (κ2) is 11.3. The van der Waals surface area contributed by atoms with Gasteiger partial charge in [0.15, 0.2) is 0 Å². The first-order chi connectivity index (χ1) is 15.3. The maximum absolute atomic E-state index is 13.4. The molecule has 9 heteroatoms. The van der Waals surface area contributed by atoms with Crippen LogP contribution in [0, 0.1) is 3.57 Å². The highest BCUT2D eigenvalue weighted by atomic mass is 127. The van der Waals surface area contributed by atoms with Gasteiger partial charge in [0.1, 0.15) is 17.1 Å². The number of hydrogen-bond donors (Lipinski definition) is 2. The SMILES string of the molecule is CCCCCCOc1ccc(Nc2ncc(C(F)(F)F)c(Nc3ccc(I)cc3)n2)cc1. The third-order valence-corrected chi connectivity index (χ3v) is 5.30. The van der Waals surface area contributed by atoms with Crippen LogP contribution in [0.3, 0.4) is 0 Å². The van der Waals surface area contributed by atoms with Crippen LogP contribution in [0.4, 0.5) is 36.3 Å².